The zero-order chi connectivity index (χ0) is 20.1. The Balaban J connectivity index is 1.37. The third-order valence-electron chi connectivity index (χ3n) is 5.95. The van der Waals surface area contributed by atoms with Crippen LogP contribution >= 0.6 is 11.8 Å². The van der Waals surface area contributed by atoms with Gasteiger partial charge in [0.2, 0.25) is 5.91 Å². The van der Waals surface area contributed by atoms with Crippen molar-refractivity contribution < 1.29 is 14.4 Å². The molecule has 1 heterocycles. The van der Waals surface area contributed by atoms with Crippen LogP contribution in [0.5, 0.6) is 0 Å². The van der Waals surface area contributed by atoms with Gasteiger partial charge in [-0.2, -0.15) is 0 Å². The molecule has 1 aliphatic heterocycles. The van der Waals surface area contributed by atoms with Crippen LogP contribution in [0.15, 0.2) is 47.4 Å². The molecule has 0 aromatic heterocycles. The predicted molar refractivity (Wildman–Crippen MR) is 118 cm³/mol. The normalized spacial score (nSPS) is 17.7. The second-order valence-corrected chi connectivity index (χ2v) is 9.22. The molecule has 154 valence electrons. The van der Waals surface area contributed by atoms with E-state index in [9.17, 15) is 4.79 Å². The largest absolute Gasteiger partial charge is 0.370 e. The van der Waals surface area contributed by atoms with Gasteiger partial charge in [-0.1, -0.05) is 35.9 Å². The van der Waals surface area contributed by atoms with E-state index in [-0.39, 0.29) is 11.9 Å². The number of morpholine rings is 1. The van der Waals surface area contributed by atoms with Gasteiger partial charge in [0.25, 0.3) is 0 Å². The van der Waals surface area contributed by atoms with Crippen molar-refractivity contribution in [2.24, 2.45) is 0 Å². The van der Waals surface area contributed by atoms with E-state index in [1.807, 2.05) is 0 Å². The van der Waals surface area contributed by atoms with Crippen molar-refractivity contribution in [2.75, 3.05) is 38.6 Å². The van der Waals surface area contributed by atoms with Gasteiger partial charge in [0, 0.05) is 4.90 Å². The lowest BCUT2D eigenvalue weighted by molar-refractivity contribution is -0.909. The number of fused-ring (bicyclic) bond motifs is 1. The third kappa shape index (κ3) is 5.62. The van der Waals surface area contributed by atoms with Crippen molar-refractivity contribution in [1.82, 2.24) is 5.32 Å². The van der Waals surface area contributed by atoms with Crippen LogP contribution in [0.2, 0.25) is 0 Å². The molecule has 0 spiro atoms. The van der Waals surface area contributed by atoms with Crippen LogP contribution in [0.3, 0.4) is 0 Å². The Kier molecular flexibility index (Phi) is 6.90. The molecule has 2 N–H and O–H groups in total. The number of aryl methyl sites for hydroxylation is 3. The topological polar surface area (TPSA) is 42.8 Å². The SMILES string of the molecule is Cc1ccc([C@@H](C[NH+]2CCOCC2)NC(=O)CSc2ccc3c(c2)CCC3)cc1. The standard InChI is InChI=1S/C24H30N2O2S/c1-18-5-7-20(8-6-18)23(16-26-11-13-28-14-12-26)25-24(27)17-29-22-10-9-19-3-2-4-21(19)15-22/h5-10,15,23H,2-4,11-14,16-17H2,1H3,(H,25,27)/p+1/t23-/m1/s1. The molecule has 1 saturated heterocycles. The number of rotatable bonds is 7. The summed E-state index contributed by atoms with van der Waals surface area (Å²) in [6, 6.07) is 15.3. The number of carbonyl (C=O) groups is 1. The van der Waals surface area contributed by atoms with Crippen molar-refractivity contribution in [3.05, 3.63) is 64.7 Å². The molecule has 2 aliphatic rings. The Morgan fingerprint density at radius 1 is 1.10 bits per heavy atom. The fraction of sp³-hybridized carbons (Fsp3) is 0.458. The van der Waals surface area contributed by atoms with Gasteiger partial charge in [-0.05, 0) is 55.0 Å². The number of amides is 1. The maximum Gasteiger partial charge on any atom is 0.231 e. The summed E-state index contributed by atoms with van der Waals surface area (Å²) in [5.41, 5.74) is 5.37. The van der Waals surface area contributed by atoms with E-state index in [4.69, 9.17) is 4.74 Å². The molecule has 4 nitrogen and oxygen atoms in total. The lowest BCUT2D eigenvalue weighted by Gasteiger charge is -2.28. The van der Waals surface area contributed by atoms with Gasteiger partial charge in [0.05, 0.1) is 19.0 Å². The van der Waals surface area contributed by atoms with Gasteiger partial charge in [-0.3, -0.25) is 4.79 Å². The number of carbonyl (C=O) groups excluding carboxylic acids is 1. The van der Waals surface area contributed by atoms with Crippen molar-refractivity contribution in [1.29, 1.82) is 0 Å². The number of hydrogen-bond donors (Lipinski definition) is 2. The quantitative estimate of drug-likeness (QED) is 0.688. The highest BCUT2D eigenvalue weighted by molar-refractivity contribution is 8.00. The van der Waals surface area contributed by atoms with Gasteiger partial charge in [0.15, 0.2) is 0 Å². The highest BCUT2D eigenvalue weighted by atomic mass is 32.2. The van der Waals surface area contributed by atoms with Crippen LogP contribution in [0, 0.1) is 6.92 Å². The molecule has 1 atom stereocenters. The molecule has 4 rings (SSSR count). The van der Waals surface area contributed by atoms with Crippen molar-refractivity contribution in [3.63, 3.8) is 0 Å². The van der Waals surface area contributed by atoms with Crippen LogP contribution in [0.4, 0.5) is 0 Å². The van der Waals surface area contributed by atoms with E-state index in [0.717, 1.165) is 32.8 Å². The van der Waals surface area contributed by atoms with Crippen molar-refractivity contribution >= 4 is 17.7 Å². The van der Waals surface area contributed by atoms with E-state index in [2.05, 4.69) is 54.7 Å². The van der Waals surface area contributed by atoms with Crippen molar-refractivity contribution in [2.45, 2.75) is 37.1 Å². The summed E-state index contributed by atoms with van der Waals surface area (Å²) in [7, 11) is 0. The lowest BCUT2D eigenvalue weighted by atomic mass is 10.0. The zero-order valence-electron chi connectivity index (χ0n) is 17.2. The minimum absolute atomic E-state index is 0.0387. The van der Waals surface area contributed by atoms with E-state index in [1.54, 1.807) is 11.8 Å². The Bertz CT molecular complexity index is 831. The molecule has 1 amide bonds. The van der Waals surface area contributed by atoms with Gasteiger partial charge in [0.1, 0.15) is 25.7 Å². The molecule has 0 saturated carbocycles. The average molecular weight is 412 g/mol. The van der Waals surface area contributed by atoms with Crippen LogP contribution in [0.1, 0.15) is 34.7 Å². The first-order valence-electron chi connectivity index (χ1n) is 10.7. The molecule has 1 fully saturated rings. The summed E-state index contributed by atoms with van der Waals surface area (Å²) >= 11 is 1.64. The highest BCUT2D eigenvalue weighted by Gasteiger charge is 2.23. The monoisotopic (exact) mass is 411 g/mol. The zero-order valence-corrected chi connectivity index (χ0v) is 18.0. The minimum Gasteiger partial charge on any atom is -0.370 e. The van der Waals surface area contributed by atoms with E-state index in [0.29, 0.717) is 5.75 Å². The molecule has 0 unspecified atom stereocenters. The smallest absolute Gasteiger partial charge is 0.231 e. The molecular formula is C24H31N2O2S+. The van der Waals surface area contributed by atoms with Crippen LogP contribution in [0.25, 0.3) is 0 Å². The van der Waals surface area contributed by atoms with Gasteiger partial charge >= 0.3 is 0 Å². The highest BCUT2D eigenvalue weighted by Crippen LogP contribution is 2.27. The summed E-state index contributed by atoms with van der Waals surface area (Å²) in [4.78, 5) is 15.5. The Morgan fingerprint density at radius 2 is 1.86 bits per heavy atom. The second-order valence-electron chi connectivity index (χ2n) is 8.17. The van der Waals surface area contributed by atoms with E-state index in [1.165, 1.54) is 51.3 Å². The molecule has 0 radical (unpaired) electrons. The van der Waals surface area contributed by atoms with E-state index < -0.39 is 0 Å². The number of hydrogen-bond acceptors (Lipinski definition) is 3. The summed E-state index contributed by atoms with van der Waals surface area (Å²) in [5.74, 6) is 0.563. The van der Waals surface area contributed by atoms with Gasteiger partial charge < -0.3 is 15.0 Å². The molecule has 2 aromatic rings. The second kappa shape index (κ2) is 9.79. The maximum atomic E-state index is 12.8. The molecule has 1 aliphatic carbocycles. The third-order valence-corrected chi connectivity index (χ3v) is 6.94. The Hall–Kier alpha value is -1.82. The number of benzene rings is 2. The molecule has 29 heavy (non-hydrogen) atoms. The first-order valence-corrected chi connectivity index (χ1v) is 11.7. The number of quaternary nitrogens is 1. The molecule has 5 heteroatoms. The van der Waals surface area contributed by atoms with Gasteiger partial charge in [-0.25, -0.2) is 0 Å². The first-order chi connectivity index (χ1) is 14.2. The predicted octanol–water partition coefficient (Wildman–Crippen LogP) is 2.35. The first kappa shape index (κ1) is 20.5. The lowest BCUT2D eigenvalue weighted by Crippen LogP contribution is -3.14. The summed E-state index contributed by atoms with van der Waals surface area (Å²) in [6.45, 7) is 6.61. The fourth-order valence-corrected chi connectivity index (χ4v) is 5.00. The summed E-state index contributed by atoms with van der Waals surface area (Å²) in [5, 5.41) is 3.30. The minimum atomic E-state index is 0.0387. The Morgan fingerprint density at radius 3 is 2.66 bits per heavy atom. The average Bonchev–Trinajstić information content (AvgIpc) is 3.21. The maximum absolute atomic E-state index is 12.8. The van der Waals surface area contributed by atoms with E-state index >= 15 is 0 Å². The summed E-state index contributed by atoms with van der Waals surface area (Å²) in [6.07, 6.45) is 3.63. The van der Waals surface area contributed by atoms with Crippen LogP contribution < -0.4 is 10.2 Å². The Labute approximate surface area is 178 Å². The van der Waals surface area contributed by atoms with Crippen LogP contribution in [-0.2, 0) is 22.4 Å². The molecular weight excluding hydrogens is 380 g/mol. The number of nitrogens with one attached hydrogen (secondary N) is 2. The van der Waals surface area contributed by atoms with Crippen molar-refractivity contribution in [3.8, 4) is 0 Å². The number of ether oxygens (including phenoxy) is 1. The molecule has 0 bridgehead atoms. The van der Waals surface area contributed by atoms with Crippen LogP contribution in [-0.4, -0.2) is 44.5 Å². The molecule has 2 aromatic carbocycles. The number of thioether (sulfide) groups is 1. The summed E-state index contributed by atoms with van der Waals surface area (Å²) < 4.78 is 5.49. The van der Waals surface area contributed by atoms with Gasteiger partial charge in [-0.15, -0.1) is 11.8 Å². The fourth-order valence-electron chi connectivity index (χ4n) is 4.23.